The standard InChI is InChI=1S/C18H20N2O3S/c1-13-6-3-4-7-15(13)11-24-12-17(21)20-19-10-14-8-5-9-16(23-2)18(14)22/h3-10,22H,11-12H2,1-2H3,(H,20,21). The maximum atomic E-state index is 11.8. The van der Waals surface area contributed by atoms with Gasteiger partial charge in [0.25, 0.3) is 0 Å². The van der Waals surface area contributed by atoms with E-state index in [1.807, 2.05) is 12.1 Å². The molecule has 0 saturated carbocycles. The second kappa shape index (κ2) is 8.98. The van der Waals surface area contributed by atoms with Gasteiger partial charge in [-0.3, -0.25) is 4.79 Å². The van der Waals surface area contributed by atoms with Crippen molar-refractivity contribution in [2.24, 2.45) is 5.10 Å². The molecule has 0 aromatic heterocycles. The average molecular weight is 344 g/mol. The number of aromatic hydroxyl groups is 1. The van der Waals surface area contributed by atoms with Gasteiger partial charge >= 0.3 is 0 Å². The van der Waals surface area contributed by atoms with Crippen LogP contribution in [0.2, 0.25) is 0 Å². The fourth-order valence-corrected chi connectivity index (χ4v) is 2.94. The minimum absolute atomic E-state index is 0.00748. The first kappa shape index (κ1) is 17.9. The van der Waals surface area contributed by atoms with Crippen molar-refractivity contribution in [2.45, 2.75) is 12.7 Å². The Morgan fingerprint density at radius 2 is 2.08 bits per heavy atom. The van der Waals surface area contributed by atoms with E-state index in [-0.39, 0.29) is 11.7 Å². The number of para-hydroxylation sites is 1. The van der Waals surface area contributed by atoms with E-state index in [4.69, 9.17) is 4.74 Å². The van der Waals surface area contributed by atoms with E-state index in [1.54, 1.807) is 18.2 Å². The second-order valence-corrected chi connectivity index (χ2v) is 6.10. The molecular weight excluding hydrogens is 324 g/mol. The molecule has 2 aromatic carbocycles. The number of carbonyl (C=O) groups is 1. The van der Waals surface area contributed by atoms with Crippen LogP contribution in [0.15, 0.2) is 47.6 Å². The van der Waals surface area contributed by atoms with Crippen LogP contribution in [0.25, 0.3) is 0 Å². The molecule has 0 aliphatic rings. The van der Waals surface area contributed by atoms with E-state index < -0.39 is 0 Å². The number of benzene rings is 2. The number of phenols is 1. The Morgan fingerprint density at radius 1 is 1.29 bits per heavy atom. The van der Waals surface area contributed by atoms with Crippen LogP contribution in [0, 0.1) is 6.92 Å². The summed E-state index contributed by atoms with van der Waals surface area (Å²) in [4.78, 5) is 11.8. The predicted molar refractivity (Wildman–Crippen MR) is 97.7 cm³/mol. The van der Waals surface area contributed by atoms with Gasteiger partial charge in [-0.25, -0.2) is 5.43 Å². The molecule has 0 fully saturated rings. The summed E-state index contributed by atoms with van der Waals surface area (Å²) in [7, 11) is 1.48. The number of nitrogens with zero attached hydrogens (tertiary/aromatic N) is 1. The fraction of sp³-hybridized carbons (Fsp3) is 0.222. The number of hydrogen-bond acceptors (Lipinski definition) is 5. The van der Waals surface area contributed by atoms with E-state index in [2.05, 4.69) is 29.6 Å². The van der Waals surface area contributed by atoms with Crippen molar-refractivity contribution in [1.29, 1.82) is 0 Å². The molecule has 2 N–H and O–H groups in total. The number of carbonyl (C=O) groups excluding carboxylic acids is 1. The van der Waals surface area contributed by atoms with Crippen LogP contribution in [-0.4, -0.2) is 30.1 Å². The third-order valence-electron chi connectivity index (χ3n) is 3.39. The van der Waals surface area contributed by atoms with Crippen molar-refractivity contribution in [2.75, 3.05) is 12.9 Å². The number of aryl methyl sites for hydroxylation is 1. The van der Waals surface area contributed by atoms with E-state index in [9.17, 15) is 9.90 Å². The highest BCUT2D eigenvalue weighted by Crippen LogP contribution is 2.27. The van der Waals surface area contributed by atoms with Crippen LogP contribution >= 0.6 is 11.8 Å². The summed E-state index contributed by atoms with van der Waals surface area (Å²) < 4.78 is 5.02. The van der Waals surface area contributed by atoms with Crippen molar-refractivity contribution in [1.82, 2.24) is 5.43 Å². The molecule has 1 amide bonds. The number of thioether (sulfide) groups is 1. The quantitative estimate of drug-likeness (QED) is 0.598. The van der Waals surface area contributed by atoms with Crippen LogP contribution < -0.4 is 10.2 Å². The lowest BCUT2D eigenvalue weighted by Crippen LogP contribution is -2.19. The minimum Gasteiger partial charge on any atom is -0.504 e. The van der Waals surface area contributed by atoms with Gasteiger partial charge in [-0.15, -0.1) is 11.8 Å². The number of rotatable bonds is 7. The largest absolute Gasteiger partial charge is 0.504 e. The SMILES string of the molecule is COc1cccc(C=NNC(=O)CSCc2ccccc2C)c1O. The molecule has 126 valence electrons. The van der Waals surface area contributed by atoms with E-state index >= 15 is 0 Å². The zero-order valence-electron chi connectivity index (χ0n) is 13.7. The van der Waals surface area contributed by atoms with Gasteiger partial charge in [0.05, 0.1) is 19.1 Å². The molecule has 6 heteroatoms. The number of phenolic OH excluding ortho intramolecular Hbond substituents is 1. The smallest absolute Gasteiger partial charge is 0.250 e. The van der Waals surface area contributed by atoms with Gasteiger partial charge in [-0.2, -0.15) is 5.10 Å². The summed E-state index contributed by atoms with van der Waals surface area (Å²) in [6.45, 7) is 2.06. The number of amides is 1. The molecule has 0 saturated heterocycles. The van der Waals surface area contributed by atoms with Crippen molar-refractivity contribution < 1.29 is 14.6 Å². The molecular formula is C18H20N2O3S. The number of ether oxygens (including phenoxy) is 1. The summed E-state index contributed by atoms with van der Waals surface area (Å²) in [6.07, 6.45) is 1.39. The molecule has 0 spiro atoms. The maximum absolute atomic E-state index is 11.8. The molecule has 0 atom stereocenters. The third kappa shape index (κ3) is 5.03. The minimum atomic E-state index is -0.188. The van der Waals surface area contributed by atoms with Crippen LogP contribution in [-0.2, 0) is 10.5 Å². The van der Waals surface area contributed by atoms with E-state index in [1.165, 1.54) is 36.2 Å². The van der Waals surface area contributed by atoms with Crippen molar-refractivity contribution >= 4 is 23.9 Å². The number of methoxy groups -OCH3 is 1. The Kier molecular flexibility index (Phi) is 6.69. The van der Waals surface area contributed by atoms with E-state index in [0.29, 0.717) is 17.1 Å². The monoisotopic (exact) mass is 344 g/mol. The molecule has 2 aromatic rings. The third-order valence-corrected chi connectivity index (χ3v) is 4.38. The lowest BCUT2D eigenvalue weighted by molar-refractivity contribution is -0.118. The number of nitrogens with one attached hydrogen (secondary N) is 1. The fourth-order valence-electron chi connectivity index (χ4n) is 2.04. The second-order valence-electron chi connectivity index (χ2n) is 5.11. The van der Waals surface area contributed by atoms with Gasteiger partial charge in [0, 0.05) is 11.3 Å². The normalized spacial score (nSPS) is 10.8. The Morgan fingerprint density at radius 3 is 2.83 bits per heavy atom. The summed E-state index contributed by atoms with van der Waals surface area (Å²) >= 11 is 1.53. The van der Waals surface area contributed by atoms with Crippen LogP contribution in [0.5, 0.6) is 11.5 Å². The molecule has 5 nitrogen and oxygen atoms in total. The van der Waals surface area contributed by atoms with Crippen molar-refractivity contribution in [3.05, 3.63) is 59.2 Å². The van der Waals surface area contributed by atoms with Crippen LogP contribution in [0.4, 0.5) is 0 Å². The molecule has 0 radical (unpaired) electrons. The molecule has 0 unspecified atom stereocenters. The summed E-state index contributed by atoms with van der Waals surface area (Å²) in [6, 6.07) is 13.2. The van der Waals surface area contributed by atoms with Gasteiger partial charge in [0.2, 0.25) is 5.91 Å². The molecule has 24 heavy (non-hydrogen) atoms. The summed E-state index contributed by atoms with van der Waals surface area (Å²) in [5, 5.41) is 13.8. The van der Waals surface area contributed by atoms with Crippen molar-refractivity contribution in [3.63, 3.8) is 0 Å². The van der Waals surface area contributed by atoms with Gasteiger partial charge in [0.1, 0.15) is 0 Å². The highest BCUT2D eigenvalue weighted by Gasteiger charge is 2.05. The molecule has 0 aliphatic heterocycles. The number of hydrogen-bond donors (Lipinski definition) is 2. The van der Waals surface area contributed by atoms with Gasteiger partial charge in [0.15, 0.2) is 11.5 Å². The van der Waals surface area contributed by atoms with Crippen LogP contribution in [0.1, 0.15) is 16.7 Å². The maximum Gasteiger partial charge on any atom is 0.250 e. The first-order valence-corrected chi connectivity index (χ1v) is 8.57. The van der Waals surface area contributed by atoms with Crippen LogP contribution in [0.3, 0.4) is 0 Å². The molecule has 0 aliphatic carbocycles. The topological polar surface area (TPSA) is 70.9 Å². The van der Waals surface area contributed by atoms with Gasteiger partial charge < -0.3 is 9.84 Å². The zero-order chi connectivity index (χ0) is 17.4. The van der Waals surface area contributed by atoms with Gasteiger partial charge in [-0.05, 0) is 30.2 Å². The average Bonchev–Trinajstić information content (AvgIpc) is 2.58. The molecule has 0 heterocycles. The predicted octanol–water partition coefficient (Wildman–Crippen LogP) is 3.09. The Balaban J connectivity index is 1.80. The zero-order valence-corrected chi connectivity index (χ0v) is 14.5. The molecule has 0 bridgehead atoms. The van der Waals surface area contributed by atoms with Gasteiger partial charge in [-0.1, -0.05) is 30.3 Å². The highest BCUT2D eigenvalue weighted by molar-refractivity contribution is 7.99. The Hall–Kier alpha value is -2.47. The Bertz CT molecular complexity index is 732. The summed E-state index contributed by atoms with van der Waals surface area (Å²) in [5.74, 6) is 1.26. The lowest BCUT2D eigenvalue weighted by atomic mass is 10.1. The lowest BCUT2D eigenvalue weighted by Gasteiger charge is -2.05. The number of hydrazone groups is 1. The highest BCUT2D eigenvalue weighted by atomic mass is 32.2. The first-order valence-electron chi connectivity index (χ1n) is 7.42. The van der Waals surface area contributed by atoms with E-state index in [0.717, 1.165) is 5.75 Å². The van der Waals surface area contributed by atoms with Crippen molar-refractivity contribution in [3.8, 4) is 11.5 Å². The molecule has 2 rings (SSSR count). The first-order chi connectivity index (χ1) is 11.6. The Labute approximate surface area is 145 Å². The summed E-state index contributed by atoms with van der Waals surface area (Å²) in [5.41, 5.74) is 5.37.